The molecule has 0 fully saturated rings. The largest absolute Gasteiger partial charge is 0.378 e. The molecule has 8 heteroatoms. The van der Waals surface area contributed by atoms with Crippen molar-refractivity contribution in [1.82, 2.24) is 10.0 Å². The first-order valence-corrected chi connectivity index (χ1v) is 10.8. The highest BCUT2D eigenvalue weighted by molar-refractivity contribution is 7.89. The van der Waals surface area contributed by atoms with Crippen molar-refractivity contribution in [3.05, 3.63) is 59.1 Å². The number of anilines is 1. The predicted octanol–water partition coefficient (Wildman–Crippen LogP) is 3.03. The van der Waals surface area contributed by atoms with E-state index >= 15 is 0 Å². The van der Waals surface area contributed by atoms with E-state index in [0.29, 0.717) is 11.6 Å². The van der Waals surface area contributed by atoms with Crippen molar-refractivity contribution < 1.29 is 13.2 Å². The van der Waals surface area contributed by atoms with Gasteiger partial charge in [-0.25, -0.2) is 8.42 Å². The van der Waals surface area contributed by atoms with Gasteiger partial charge in [-0.1, -0.05) is 43.6 Å². The minimum atomic E-state index is -3.87. The Morgan fingerprint density at radius 1 is 1.11 bits per heavy atom. The lowest BCUT2D eigenvalue weighted by Gasteiger charge is -2.22. The second kappa shape index (κ2) is 9.41. The molecule has 0 saturated carbocycles. The van der Waals surface area contributed by atoms with Crippen LogP contribution >= 0.6 is 11.6 Å². The maximum atomic E-state index is 12.6. The SMILES string of the molecule is CC(C)[C@H](NS(=O)(=O)c1cccc(Cl)c1)C(=O)NCc1ccc(N(C)C)cc1. The van der Waals surface area contributed by atoms with E-state index in [-0.39, 0.29) is 16.7 Å². The van der Waals surface area contributed by atoms with Gasteiger partial charge in [-0.2, -0.15) is 4.72 Å². The number of hydrogen-bond donors (Lipinski definition) is 2. The van der Waals surface area contributed by atoms with Crippen LogP contribution in [0.1, 0.15) is 19.4 Å². The Labute approximate surface area is 171 Å². The Bertz CT molecular complexity index is 913. The smallest absolute Gasteiger partial charge is 0.241 e. The maximum Gasteiger partial charge on any atom is 0.241 e. The molecule has 0 aliphatic carbocycles. The molecule has 2 rings (SSSR count). The Hall–Kier alpha value is -2.09. The van der Waals surface area contributed by atoms with E-state index in [1.165, 1.54) is 12.1 Å². The molecule has 152 valence electrons. The third-order valence-electron chi connectivity index (χ3n) is 4.26. The summed E-state index contributed by atoms with van der Waals surface area (Å²) in [6, 6.07) is 12.8. The van der Waals surface area contributed by atoms with Crippen LogP contribution in [0, 0.1) is 5.92 Å². The van der Waals surface area contributed by atoms with Gasteiger partial charge in [0, 0.05) is 31.4 Å². The molecule has 0 bridgehead atoms. The number of benzene rings is 2. The van der Waals surface area contributed by atoms with E-state index in [9.17, 15) is 13.2 Å². The summed E-state index contributed by atoms with van der Waals surface area (Å²) in [5.74, 6) is -0.609. The van der Waals surface area contributed by atoms with Gasteiger partial charge in [-0.3, -0.25) is 4.79 Å². The zero-order valence-corrected chi connectivity index (χ0v) is 18.0. The predicted molar refractivity (Wildman–Crippen MR) is 113 cm³/mol. The number of sulfonamides is 1. The second-order valence-electron chi connectivity index (χ2n) is 7.08. The highest BCUT2D eigenvalue weighted by Gasteiger charge is 2.28. The molecule has 0 aromatic heterocycles. The van der Waals surface area contributed by atoms with Crippen LogP contribution in [-0.4, -0.2) is 34.5 Å². The van der Waals surface area contributed by atoms with E-state index in [4.69, 9.17) is 11.6 Å². The molecular weight excluding hydrogens is 398 g/mol. The Morgan fingerprint density at radius 3 is 2.29 bits per heavy atom. The number of amides is 1. The van der Waals surface area contributed by atoms with Crippen LogP contribution in [0.15, 0.2) is 53.4 Å². The first-order chi connectivity index (χ1) is 13.1. The molecule has 1 atom stereocenters. The van der Waals surface area contributed by atoms with Gasteiger partial charge in [0.25, 0.3) is 0 Å². The molecule has 6 nitrogen and oxygen atoms in total. The van der Waals surface area contributed by atoms with Crippen LogP contribution in [0.5, 0.6) is 0 Å². The van der Waals surface area contributed by atoms with Crippen LogP contribution in [0.2, 0.25) is 5.02 Å². The third kappa shape index (κ3) is 5.95. The first kappa shape index (κ1) is 22.2. The summed E-state index contributed by atoms with van der Waals surface area (Å²) in [6.07, 6.45) is 0. The molecule has 1 amide bonds. The van der Waals surface area contributed by atoms with E-state index in [1.807, 2.05) is 43.3 Å². The first-order valence-electron chi connectivity index (χ1n) is 8.92. The van der Waals surface area contributed by atoms with Gasteiger partial charge < -0.3 is 10.2 Å². The molecular formula is C20H26ClN3O3S. The molecule has 0 aliphatic heterocycles. The number of nitrogens with one attached hydrogen (secondary N) is 2. The van der Waals surface area contributed by atoms with Crippen LogP contribution in [0.4, 0.5) is 5.69 Å². The second-order valence-corrected chi connectivity index (χ2v) is 9.23. The van der Waals surface area contributed by atoms with Crippen LogP contribution in [0.3, 0.4) is 0 Å². The van der Waals surface area contributed by atoms with Gasteiger partial charge in [0.05, 0.1) is 4.90 Å². The van der Waals surface area contributed by atoms with E-state index in [1.54, 1.807) is 26.0 Å². The van der Waals surface area contributed by atoms with Crippen LogP contribution < -0.4 is 14.9 Å². The third-order valence-corrected chi connectivity index (χ3v) is 5.93. The molecule has 0 aliphatic rings. The van der Waals surface area contributed by atoms with Gasteiger partial charge in [0.2, 0.25) is 15.9 Å². The molecule has 0 unspecified atom stereocenters. The van der Waals surface area contributed by atoms with Crippen molar-refractivity contribution in [1.29, 1.82) is 0 Å². The van der Waals surface area contributed by atoms with E-state index in [0.717, 1.165) is 11.3 Å². The fraction of sp³-hybridized carbons (Fsp3) is 0.350. The topological polar surface area (TPSA) is 78.5 Å². The summed E-state index contributed by atoms with van der Waals surface area (Å²) < 4.78 is 27.7. The van der Waals surface area contributed by atoms with E-state index < -0.39 is 16.1 Å². The molecule has 0 spiro atoms. The Morgan fingerprint density at radius 2 is 1.75 bits per heavy atom. The monoisotopic (exact) mass is 423 g/mol. The average molecular weight is 424 g/mol. The van der Waals surface area contributed by atoms with Crippen molar-refractivity contribution in [3.8, 4) is 0 Å². The Kier molecular flexibility index (Phi) is 7.46. The molecule has 2 N–H and O–H groups in total. The van der Waals surface area contributed by atoms with Crippen molar-refractivity contribution in [2.24, 2.45) is 5.92 Å². The minimum Gasteiger partial charge on any atom is -0.378 e. The van der Waals surface area contributed by atoms with Gasteiger partial charge in [-0.15, -0.1) is 0 Å². The normalized spacial score (nSPS) is 12.6. The van der Waals surface area contributed by atoms with Crippen molar-refractivity contribution >= 4 is 33.2 Å². The molecule has 0 saturated heterocycles. The lowest BCUT2D eigenvalue weighted by molar-refractivity contribution is -0.123. The minimum absolute atomic E-state index is 0.0257. The van der Waals surface area contributed by atoms with Crippen molar-refractivity contribution in [2.45, 2.75) is 31.3 Å². The van der Waals surface area contributed by atoms with Gasteiger partial charge in [0.15, 0.2) is 0 Å². The molecule has 0 radical (unpaired) electrons. The number of hydrogen-bond acceptors (Lipinski definition) is 4. The zero-order valence-electron chi connectivity index (χ0n) is 16.4. The molecule has 2 aromatic rings. The van der Waals surface area contributed by atoms with Gasteiger partial charge in [-0.05, 0) is 41.8 Å². The summed E-state index contributed by atoms with van der Waals surface area (Å²) in [7, 11) is 0.0379. The van der Waals surface area contributed by atoms with Crippen LogP contribution in [0.25, 0.3) is 0 Å². The zero-order chi connectivity index (χ0) is 20.9. The summed E-state index contributed by atoms with van der Waals surface area (Å²) in [5.41, 5.74) is 1.99. The number of rotatable bonds is 8. The summed E-state index contributed by atoms with van der Waals surface area (Å²) in [6.45, 7) is 3.89. The van der Waals surface area contributed by atoms with E-state index in [2.05, 4.69) is 10.0 Å². The molecule has 28 heavy (non-hydrogen) atoms. The fourth-order valence-electron chi connectivity index (χ4n) is 2.57. The standard InChI is InChI=1S/C20H26ClN3O3S/c1-14(2)19(23-28(26,27)18-7-5-6-16(21)12-18)20(25)22-13-15-8-10-17(11-9-15)24(3)4/h5-12,14,19,23H,13H2,1-4H3,(H,22,25)/t19-/m0/s1. The number of halogens is 1. The summed E-state index contributed by atoms with van der Waals surface area (Å²) >= 11 is 5.89. The summed E-state index contributed by atoms with van der Waals surface area (Å²) in [4.78, 5) is 14.7. The Balaban J connectivity index is 2.07. The number of nitrogens with zero attached hydrogens (tertiary/aromatic N) is 1. The highest BCUT2D eigenvalue weighted by atomic mass is 35.5. The lowest BCUT2D eigenvalue weighted by Crippen LogP contribution is -2.49. The number of carbonyl (C=O) groups is 1. The van der Waals surface area contributed by atoms with Crippen molar-refractivity contribution in [3.63, 3.8) is 0 Å². The highest BCUT2D eigenvalue weighted by Crippen LogP contribution is 2.17. The quantitative estimate of drug-likeness (QED) is 0.684. The fourth-order valence-corrected chi connectivity index (χ4v) is 4.22. The average Bonchev–Trinajstić information content (AvgIpc) is 2.64. The van der Waals surface area contributed by atoms with Gasteiger partial charge >= 0.3 is 0 Å². The number of carbonyl (C=O) groups excluding carboxylic acids is 1. The van der Waals surface area contributed by atoms with Crippen molar-refractivity contribution in [2.75, 3.05) is 19.0 Å². The molecule has 2 aromatic carbocycles. The summed E-state index contributed by atoms with van der Waals surface area (Å²) in [5, 5.41) is 3.12. The maximum absolute atomic E-state index is 12.6. The van der Waals surface area contributed by atoms with Gasteiger partial charge in [0.1, 0.15) is 6.04 Å². The lowest BCUT2D eigenvalue weighted by atomic mass is 10.0. The van der Waals surface area contributed by atoms with Crippen LogP contribution in [-0.2, 0) is 21.4 Å². The molecule has 0 heterocycles.